The number of nitrogens with zero attached hydrogens (tertiary/aromatic N) is 3. The van der Waals surface area contributed by atoms with Crippen LogP contribution in [0.2, 0.25) is 0 Å². The summed E-state index contributed by atoms with van der Waals surface area (Å²) in [6.07, 6.45) is 7.21. The van der Waals surface area contributed by atoms with Gasteiger partial charge in [0.25, 0.3) is 0 Å². The predicted molar refractivity (Wildman–Crippen MR) is 78.3 cm³/mol. The van der Waals surface area contributed by atoms with Gasteiger partial charge in [-0.15, -0.1) is 0 Å². The fourth-order valence-electron chi connectivity index (χ4n) is 2.77. The second kappa shape index (κ2) is 4.96. The molecule has 1 aromatic heterocycles. The van der Waals surface area contributed by atoms with Gasteiger partial charge in [0.1, 0.15) is 5.82 Å². The standard InChI is InChI=1S/C15H20N4/c1-18-10-7-17-15(18)6-9-19-8-2-3-12-4-5-13(16)11-14(12)19/h4-5,7,10-11H,2-3,6,8-9,16H2,1H3. The van der Waals surface area contributed by atoms with Gasteiger partial charge in [-0.1, -0.05) is 6.07 Å². The largest absolute Gasteiger partial charge is 0.399 e. The van der Waals surface area contributed by atoms with E-state index in [1.54, 1.807) is 0 Å². The Morgan fingerprint density at radius 3 is 3.05 bits per heavy atom. The lowest BCUT2D eigenvalue weighted by molar-refractivity contribution is 0.667. The van der Waals surface area contributed by atoms with Crippen molar-refractivity contribution in [2.75, 3.05) is 23.7 Å². The molecule has 100 valence electrons. The van der Waals surface area contributed by atoms with E-state index in [2.05, 4.69) is 26.6 Å². The van der Waals surface area contributed by atoms with Crippen molar-refractivity contribution in [1.29, 1.82) is 0 Å². The Labute approximate surface area is 113 Å². The van der Waals surface area contributed by atoms with Crippen LogP contribution in [0.1, 0.15) is 17.8 Å². The van der Waals surface area contributed by atoms with Crippen molar-refractivity contribution in [1.82, 2.24) is 9.55 Å². The number of rotatable bonds is 3. The van der Waals surface area contributed by atoms with Crippen molar-refractivity contribution in [3.63, 3.8) is 0 Å². The first-order chi connectivity index (χ1) is 9.24. The molecular formula is C15H20N4. The Morgan fingerprint density at radius 2 is 2.26 bits per heavy atom. The predicted octanol–water partition coefficient (Wildman–Crippen LogP) is 2.00. The van der Waals surface area contributed by atoms with E-state index in [-0.39, 0.29) is 0 Å². The zero-order chi connectivity index (χ0) is 13.2. The molecule has 2 heterocycles. The maximum absolute atomic E-state index is 5.92. The molecule has 4 nitrogen and oxygen atoms in total. The van der Waals surface area contributed by atoms with Crippen LogP contribution in [0.4, 0.5) is 11.4 Å². The van der Waals surface area contributed by atoms with Crippen LogP contribution in [0.5, 0.6) is 0 Å². The molecule has 0 spiro atoms. The van der Waals surface area contributed by atoms with Crippen LogP contribution in [0.3, 0.4) is 0 Å². The molecule has 0 bridgehead atoms. The minimum atomic E-state index is 0.850. The summed E-state index contributed by atoms with van der Waals surface area (Å²) in [7, 11) is 2.05. The molecule has 0 aliphatic carbocycles. The highest BCUT2D eigenvalue weighted by Crippen LogP contribution is 2.29. The number of imidazole rings is 1. The topological polar surface area (TPSA) is 47.1 Å². The molecular weight excluding hydrogens is 236 g/mol. The van der Waals surface area contributed by atoms with Crippen molar-refractivity contribution in [3.05, 3.63) is 42.0 Å². The van der Waals surface area contributed by atoms with Gasteiger partial charge >= 0.3 is 0 Å². The lowest BCUT2D eigenvalue weighted by Gasteiger charge is -2.31. The van der Waals surface area contributed by atoms with E-state index in [0.29, 0.717) is 0 Å². The number of benzene rings is 1. The SMILES string of the molecule is Cn1ccnc1CCN1CCCc2ccc(N)cc21. The molecule has 0 atom stereocenters. The van der Waals surface area contributed by atoms with Crippen molar-refractivity contribution < 1.29 is 0 Å². The molecule has 19 heavy (non-hydrogen) atoms. The van der Waals surface area contributed by atoms with Gasteiger partial charge in [-0.2, -0.15) is 0 Å². The highest BCUT2D eigenvalue weighted by atomic mass is 15.1. The molecule has 0 saturated heterocycles. The number of aromatic nitrogens is 2. The number of hydrogen-bond donors (Lipinski definition) is 1. The average Bonchev–Trinajstić information content (AvgIpc) is 2.82. The van der Waals surface area contributed by atoms with E-state index in [1.165, 1.54) is 17.7 Å². The van der Waals surface area contributed by atoms with E-state index in [0.717, 1.165) is 37.4 Å². The first kappa shape index (κ1) is 12.1. The number of fused-ring (bicyclic) bond motifs is 1. The normalized spacial score (nSPS) is 14.5. The van der Waals surface area contributed by atoms with Gasteiger partial charge in [0.15, 0.2) is 0 Å². The molecule has 1 aromatic carbocycles. The monoisotopic (exact) mass is 256 g/mol. The van der Waals surface area contributed by atoms with Crippen LogP contribution in [0.25, 0.3) is 0 Å². The van der Waals surface area contributed by atoms with Gasteiger partial charge in [0.2, 0.25) is 0 Å². The Hall–Kier alpha value is -1.97. The zero-order valence-electron chi connectivity index (χ0n) is 11.3. The Balaban J connectivity index is 1.76. The molecule has 0 fully saturated rings. The lowest BCUT2D eigenvalue weighted by Crippen LogP contribution is -2.31. The van der Waals surface area contributed by atoms with Crippen molar-refractivity contribution in [3.8, 4) is 0 Å². The maximum atomic E-state index is 5.92. The number of hydrogen-bond acceptors (Lipinski definition) is 3. The molecule has 1 aliphatic rings. The first-order valence-corrected chi connectivity index (χ1v) is 6.83. The van der Waals surface area contributed by atoms with Crippen LogP contribution in [0.15, 0.2) is 30.6 Å². The van der Waals surface area contributed by atoms with E-state index in [4.69, 9.17) is 5.73 Å². The summed E-state index contributed by atoms with van der Waals surface area (Å²) < 4.78 is 2.09. The molecule has 2 aromatic rings. The van der Waals surface area contributed by atoms with Crippen molar-refractivity contribution in [2.24, 2.45) is 7.05 Å². The van der Waals surface area contributed by atoms with Crippen LogP contribution in [-0.4, -0.2) is 22.6 Å². The van der Waals surface area contributed by atoms with E-state index < -0.39 is 0 Å². The molecule has 0 amide bonds. The van der Waals surface area contributed by atoms with E-state index in [9.17, 15) is 0 Å². The highest BCUT2D eigenvalue weighted by molar-refractivity contribution is 5.62. The van der Waals surface area contributed by atoms with Crippen LogP contribution >= 0.6 is 0 Å². The van der Waals surface area contributed by atoms with Gasteiger partial charge in [-0.05, 0) is 30.5 Å². The summed E-state index contributed by atoms with van der Waals surface area (Å²) >= 11 is 0. The van der Waals surface area contributed by atoms with Gasteiger partial charge < -0.3 is 15.2 Å². The molecule has 3 rings (SSSR count). The highest BCUT2D eigenvalue weighted by Gasteiger charge is 2.17. The number of nitrogen functional groups attached to an aromatic ring is 1. The Bertz CT molecular complexity index is 573. The molecule has 2 N–H and O–H groups in total. The van der Waals surface area contributed by atoms with Gasteiger partial charge in [0, 0.05) is 50.3 Å². The molecule has 1 aliphatic heterocycles. The number of aryl methyl sites for hydroxylation is 2. The number of nitrogens with two attached hydrogens (primary N) is 1. The maximum Gasteiger partial charge on any atom is 0.110 e. The van der Waals surface area contributed by atoms with Gasteiger partial charge in [-0.25, -0.2) is 4.98 Å². The summed E-state index contributed by atoms with van der Waals surface area (Å²) in [6.45, 7) is 2.11. The quantitative estimate of drug-likeness (QED) is 0.854. The second-order valence-electron chi connectivity index (χ2n) is 5.18. The van der Waals surface area contributed by atoms with Gasteiger partial charge in [-0.3, -0.25) is 0 Å². The fourth-order valence-corrected chi connectivity index (χ4v) is 2.77. The van der Waals surface area contributed by atoms with Crippen LogP contribution < -0.4 is 10.6 Å². The van der Waals surface area contributed by atoms with Crippen molar-refractivity contribution in [2.45, 2.75) is 19.3 Å². The second-order valence-corrected chi connectivity index (χ2v) is 5.18. The first-order valence-electron chi connectivity index (χ1n) is 6.83. The fraction of sp³-hybridized carbons (Fsp3) is 0.400. The number of anilines is 2. The molecule has 0 saturated carbocycles. The van der Waals surface area contributed by atoms with Crippen LogP contribution in [-0.2, 0) is 19.9 Å². The summed E-state index contributed by atoms with van der Waals surface area (Å²) in [6, 6.07) is 6.27. The van der Waals surface area contributed by atoms with Crippen LogP contribution in [0, 0.1) is 0 Å². The molecule has 0 unspecified atom stereocenters. The van der Waals surface area contributed by atoms with Gasteiger partial charge in [0.05, 0.1) is 0 Å². The smallest absolute Gasteiger partial charge is 0.110 e. The summed E-state index contributed by atoms with van der Waals surface area (Å²) in [5, 5.41) is 0. The third kappa shape index (κ3) is 2.43. The summed E-state index contributed by atoms with van der Waals surface area (Å²) in [5.41, 5.74) is 9.49. The van der Waals surface area contributed by atoms with E-state index >= 15 is 0 Å². The summed E-state index contributed by atoms with van der Waals surface area (Å²) in [5.74, 6) is 1.14. The minimum absolute atomic E-state index is 0.850. The molecule has 0 radical (unpaired) electrons. The molecule has 4 heteroatoms. The third-order valence-corrected chi connectivity index (χ3v) is 3.85. The third-order valence-electron chi connectivity index (χ3n) is 3.85. The summed E-state index contributed by atoms with van der Waals surface area (Å²) in [4.78, 5) is 6.82. The average molecular weight is 256 g/mol. The lowest BCUT2D eigenvalue weighted by atomic mass is 10.0. The van der Waals surface area contributed by atoms with Crippen molar-refractivity contribution >= 4 is 11.4 Å². The minimum Gasteiger partial charge on any atom is -0.399 e. The Kier molecular flexibility index (Phi) is 3.15. The zero-order valence-corrected chi connectivity index (χ0v) is 11.3. The Morgan fingerprint density at radius 1 is 1.37 bits per heavy atom. The van der Waals surface area contributed by atoms with E-state index in [1.807, 2.05) is 25.5 Å².